The Hall–Kier alpha value is -1.84. The summed E-state index contributed by atoms with van der Waals surface area (Å²) in [4.78, 5) is 10.6. The van der Waals surface area contributed by atoms with E-state index in [0.717, 1.165) is 12.8 Å². The Labute approximate surface area is 92.9 Å². The molecule has 4 nitrogen and oxygen atoms in total. The molecule has 2 aromatic rings. The molecule has 1 heterocycles. The van der Waals surface area contributed by atoms with Crippen LogP contribution >= 0.6 is 0 Å². The Morgan fingerprint density at radius 2 is 2.06 bits per heavy atom. The second-order valence-electron chi connectivity index (χ2n) is 3.71. The van der Waals surface area contributed by atoms with Gasteiger partial charge in [0.05, 0.1) is 0 Å². The molecule has 1 aromatic carbocycles. The van der Waals surface area contributed by atoms with E-state index in [1.807, 2.05) is 12.1 Å². The standard InChI is InChI=1S/C12H13NO3/c1-9-5-2-3-6-10(9)7-4-8-11-13-16-12(14)15-11/h2-3,5-6H,4,7-8H2,1H3. The van der Waals surface area contributed by atoms with E-state index in [1.165, 1.54) is 11.1 Å². The molecule has 0 saturated carbocycles. The maximum atomic E-state index is 10.6. The molecular weight excluding hydrogens is 206 g/mol. The summed E-state index contributed by atoms with van der Waals surface area (Å²) in [7, 11) is 0. The molecule has 0 aliphatic carbocycles. The lowest BCUT2D eigenvalue weighted by Crippen LogP contribution is -1.93. The van der Waals surface area contributed by atoms with Crippen LogP contribution in [0.4, 0.5) is 0 Å². The molecule has 0 saturated heterocycles. The van der Waals surface area contributed by atoms with E-state index in [9.17, 15) is 4.79 Å². The molecule has 0 radical (unpaired) electrons. The molecule has 0 amide bonds. The van der Waals surface area contributed by atoms with E-state index in [2.05, 4.69) is 28.7 Å². The van der Waals surface area contributed by atoms with Crippen LogP contribution in [0, 0.1) is 6.92 Å². The number of aryl methyl sites for hydroxylation is 3. The van der Waals surface area contributed by atoms with Gasteiger partial charge >= 0.3 is 5.82 Å². The van der Waals surface area contributed by atoms with Crippen LogP contribution in [0.3, 0.4) is 0 Å². The Morgan fingerprint density at radius 3 is 2.75 bits per heavy atom. The van der Waals surface area contributed by atoms with E-state index in [1.54, 1.807) is 0 Å². The number of hydrogen-bond donors (Lipinski definition) is 0. The summed E-state index contributed by atoms with van der Waals surface area (Å²) in [5.74, 6) is -0.357. The van der Waals surface area contributed by atoms with Crippen molar-refractivity contribution in [3.8, 4) is 0 Å². The summed E-state index contributed by atoms with van der Waals surface area (Å²) >= 11 is 0. The van der Waals surface area contributed by atoms with Crippen LogP contribution in [0.1, 0.15) is 23.4 Å². The average molecular weight is 219 g/mol. The van der Waals surface area contributed by atoms with E-state index >= 15 is 0 Å². The normalized spacial score (nSPS) is 10.6. The van der Waals surface area contributed by atoms with Crippen LogP contribution in [-0.2, 0) is 12.8 Å². The quantitative estimate of drug-likeness (QED) is 0.790. The van der Waals surface area contributed by atoms with Crippen molar-refractivity contribution in [1.29, 1.82) is 0 Å². The maximum Gasteiger partial charge on any atom is 0.542 e. The highest BCUT2D eigenvalue weighted by Crippen LogP contribution is 2.10. The van der Waals surface area contributed by atoms with Gasteiger partial charge < -0.3 is 4.42 Å². The second-order valence-corrected chi connectivity index (χ2v) is 3.71. The fourth-order valence-electron chi connectivity index (χ4n) is 1.64. The van der Waals surface area contributed by atoms with Crippen LogP contribution in [0.15, 0.2) is 38.0 Å². The molecule has 0 aliphatic heterocycles. The Kier molecular flexibility index (Phi) is 3.19. The molecular formula is C12H13NO3. The number of nitrogens with zero attached hydrogens (tertiary/aromatic N) is 1. The summed E-state index contributed by atoms with van der Waals surface area (Å²) in [6.45, 7) is 2.09. The average Bonchev–Trinajstić information content (AvgIpc) is 2.67. The second kappa shape index (κ2) is 4.79. The third-order valence-corrected chi connectivity index (χ3v) is 2.52. The molecule has 16 heavy (non-hydrogen) atoms. The lowest BCUT2D eigenvalue weighted by molar-refractivity contribution is 0.334. The Bertz CT molecular complexity index is 513. The third-order valence-electron chi connectivity index (χ3n) is 2.52. The first kappa shape index (κ1) is 10.7. The molecule has 0 unspecified atom stereocenters. The van der Waals surface area contributed by atoms with Gasteiger partial charge in [0.2, 0.25) is 5.89 Å². The predicted octanol–water partition coefficient (Wildman–Crippen LogP) is 2.11. The van der Waals surface area contributed by atoms with Crippen LogP contribution in [0.2, 0.25) is 0 Å². The zero-order chi connectivity index (χ0) is 11.4. The highest BCUT2D eigenvalue weighted by atomic mass is 16.6. The first-order valence-corrected chi connectivity index (χ1v) is 5.26. The van der Waals surface area contributed by atoms with E-state index in [-0.39, 0.29) is 0 Å². The van der Waals surface area contributed by atoms with Crippen LogP contribution < -0.4 is 5.82 Å². The van der Waals surface area contributed by atoms with Crippen molar-refractivity contribution in [2.75, 3.05) is 0 Å². The predicted molar refractivity (Wildman–Crippen MR) is 58.2 cm³/mol. The van der Waals surface area contributed by atoms with Crippen molar-refractivity contribution in [3.05, 3.63) is 51.9 Å². The van der Waals surface area contributed by atoms with Gasteiger partial charge in [-0.2, -0.15) is 0 Å². The Balaban J connectivity index is 1.89. The summed E-state index contributed by atoms with van der Waals surface area (Å²) in [5.41, 5.74) is 2.59. The lowest BCUT2D eigenvalue weighted by atomic mass is 10.0. The summed E-state index contributed by atoms with van der Waals surface area (Å²) in [5, 5.41) is 3.52. The molecule has 0 N–H and O–H groups in total. The van der Waals surface area contributed by atoms with Crippen molar-refractivity contribution in [1.82, 2.24) is 5.16 Å². The fraction of sp³-hybridized carbons (Fsp3) is 0.333. The molecule has 0 spiro atoms. The zero-order valence-corrected chi connectivity index (χ0v) is 9.10. The van der Waals surface area contributed by atoms with Gasteiger partial charge in [0.1, 0.15) is 0 Å². The molecule has 4 heteroatoms. The molecule has 0 aliphatic rings. The summed E-state index contributed by atoms with van der Waals surface area (Å²) < 4.78 is 9.04. The Morgan fingerprint density at radius 1 is 1.25 bits per heavy atom. The van der Waals surface area contributed by atoms with E-state index < -0.39 is 5.82 Å². The van der Waals surface area contributed by atoms with Gasteiger partial charge in [-0.1, -0.05) is 24.3 Å². The molecule has 2 rings (SSSR count). The minimum Gasteiger partial charge on any atom is -0.375 e. The van der Waals surface area contributed by atoms with E-state index in [0.29, 0.717) is 12.3 Å². The van der Waals surface area contributed by atoms with Gasteiger partial charge in [-0.25, -0.2) is 4.79 Å². The highest BCUT2D eigenvalue weighted by Gasteiger charge is 2.04. The van der Waals surface area contributed by atoms with Crippen molar-refractivity contribution in [2.24, 2.45) is 0 Å². The largest absolute Gasteiger partial charge is 0.542 e. The smallest absolute Gasteiger partial charge is 0.375 e. The minimum absolute atomic E-state index is 0.374. The third kappa shape index (κ3) is 2.59. The first-order chi connectivity index (χ1) is 7.75. The SMILES string of the molecule is Cc1ccccc1CCCc1noc(=O)o1. The number of rotatable bonds is 4. The van der Waals surface area contributed by atoms with Gasteiger partial charge in [-0.3, -0.25) is 4.52 Å². The highest BCUT2D eigenvalue weighted by molar-refractivity contribution is 5.25. The maximum absolute atomic E-state index is 10.6. The topological polar surface area (TPSA) is 56.2 Å². The van der Waals surface area contributed by atoms with Gasteiger partial charge in [0, 0.05) is 6.42 Å². The van der Waals surface area contributed by atoms with Gasteiger partial charge in [0.15, 0.2) is 0 Å². The monoisotopic (exact) mass is 219 g/mol. The summed E-state index contributed by atoms with van der Waals surface area (Å²) in [6, 6.07) is 8.24. The first-order valence-electron chi connectivity index (χ1n) is 5.26. The number of aromatic nitrogens is 1. The number of benzene rings is 1. The molecule has 1 aromatic heterocycles. The van der Waals surface area contributed by atoms with Crippen LogP contribution in [-0.4, -0.2) is 5.16 Å². The minimum atomic E-state index is -0.731. The number of hydrogen-bond acceptors (Lipinski definition) is 4. The van der Waals surface area contributed by atoms with Gasteiger partial charge in [-0.05, 0) is 36.0 Å². The summed E-state index contributed by atoms with van der Waals surface area (Å²) in [6.07, 6.45) is 2.46. The van der Waals surface area contributed by atoms with Crippen molar-refractivity contribution < 1.29 is 8.94 Å². The molecule has 0 fully saturated rings. The van der Waals surface area contributed by atoms with Crippen LogP contribution in [0.25, 0.3) is 0 Å². The fourth-order valence-corrected chi connectivity index (χ4v) is 1.64. The van der Waals surface area contributed by atoms with Crippen molar-refractivity contribution >= 4 is 0 Å². The molecule has 0 atom stereocenters. The zero-order valence-electron chi connectivity index (χ0n) is 9.10. The van der Waals surface area contributed by atoms with Crippen molar-refractivity contribution in [2.45, 2.75) is 26.2 Å². The van der Waals surface area contributed by atoms with Gasteiger partial charge in [-0.15, -0.1) is 0 Å². The van der Waals surface area contributed by atoms with Gasteiger partial charge in [0.25, 0.3) is 0 Å². The van der Waals surface area contributed by atoms with Crippen molar-refractivity contribution in [3.63, 3.8) is 0 Å². The van der Waals surface area contributed by atoms with E-state index in [4.69, 9.17) is 4.42 Å². The molecule has 0 bridgehead atoms. The van der Waals surface area contributed by atoms with Crippen LogP contribution in [0.5, 0.6) is 0 Å². The lowest BCUT2D eigenvalue weighted by Gasteiger charge is -2.03. The molecule has 84 valence electrons.